The molecular weight excluding hydrogens is 722 g/mol. The highest BCUT2D eigenvalue weighted by atomic mass is 79.9. The fraction of sp³-hybridized carbons (Fsp3) is 0.259. The number of hydrogen-bond acceptors (Lipinski definition) is 4. The predicted octanol–water partition coefficient (Wildman–Crippen LogP) is 9.06. The van der Waals surface area contributed by atoms with E-state index in [2.05, 4.69) is 20.7 Å². The SMILES string of the molecule is CCN(C(=O)c1ccc(F)cc1Cl)c1cccc(C(=O)Nc2c(Br)cc(C(F)(C(F)(F)F)C(F)(F)F)cc2OC(F)F)c1OC. The third-order valence-corrected chi connectivity index (χ3v) is 7.08. The van der Waals surface area contributed by atoms with E-state index in [1.54, 1.807) is 0 Å². The molecule has 0 aliphatic rings. The standard InChI is InChI=1S/C27H18BrClF10N2O4/c1-3-41(23(43)14-8-7-13(30)11-17(14)29)18-6-4-5-15(21(18)44-2)22(42)40-20-16(28)9-12(10-19(20)45-24(31)32)25(33,26(34,35)36)27(37,38)39/h4-11,24H,3H2,1-2H3,(H,40,42). The summed E-state index contributed by atoms with van der Waals surface area (Å²) in [4.78, 5) is 27.7. The Bertz CT molecular complexity index is 1590. The van der Waals surface area contributed by atoms with E-state index in [0.717, 1.165) is 36.3 Å². The van der Waals surface area contributed by atoms with Crippen LogP contribution in [0.5, 0.6) is 11.5 Å². The lowest BCUT2D eigenvalue weighted by molar-refractivity contribution is -0.348. The van der Waals surface area contributed by atoms with Crippen LogP contribution in [0.25, 0.3) is 0 Å². The molecule has 45 heavy (non-hydrogen) atoms. The smallest absolute Gasteiger partial charge is 0.435 e. The highest BCUT2D eigenvalue weighted by molar-refractivity contribution is 9.10. The van der Waals surface area contributed by atoms with Gasteiger partial charge in [-0.1, -0.05) is 17.7 Å². The van der Waals surface area contributed by atoms with E-state index in [4.69, 9.17) is 16.3 Å². The number of rotatable bonds is 9. The number of carbonyl (C=O) groups is 2. The molecule has 18 heteroatoms. The lowest BCUT2D eigenvalue weighted by atomic mass is 9.93. The summed E-state index contributed by atoms with van der Waals surface area (Å²) < 4.78 is 143. The van der Waals surface area contributed by atoms with Gasteiger partial charge in [-0.3, -0.25) is 9.59 Å². The summed E-state index contributed by atoms with van der Waals surface area (Å²) in [6, 6.07) is 6.41. The van der Waals surface area contributed by atoms with E-state index in [9.17, 15) is 53.5 Å². The van der Waals surface area contributed by atoms with E-state index in [1.165, 1.54) is 19.1 Å². The molecule has 0 unspecified atom stereocenters. The van der Waals surface area contributed by atoms with Crippen molar-refractivity contribution < 1.29 is 63.0 Å². The Labute approximate surface area is 261 Å². The first-order valence-corrected chi connectivity index (χ1v) is 13.3. The van der Waals surface area contributed by atoms with Gasteiger partial charge in [0.1, 0.15) is 5.82 Å². The second-order valence-electron chi connectivity index (χ2n) is 8.85. The summed E-state index contributed by atoms with van der Waals surface area (Å²) in [7, 11) is 1.09. The minimum atomic E-state index is -6.58. The first-order valence-electron chi connectivity index (χ1n) is 12.1. The first kappa shape index (κ1) is 35.7. The van der Waals surface area contributed by atoms with Crippen molar-refractivity contribution in [2.45, 2.75) is 31.6 Å². The molecule has 0 saturated heterocycles. The number of carbonyl (C=O) groups excluding carboxylic acids is 2. The van der Waals surface area contributed by atoms with E-state index < -0.39 is 69.3 Å². The number of benzene rings is 3. The third kappa shape index (κ3) is 7.08. The van der Waals surface area contributed by atoms with Gasteiger partial charge in [0.25, 0.3) is 11.8 Å². The zero-order valence-electron chi connectivity index (χ0n) is 22.5. The number of nitrogens with zero attached hydrogens (tertiary/aromatic N) is 1. The van der Waals surface area contributed by atoms with E-state index >= 15 is 0 Å². The molecule has 0 spiro atoms. The van der Waals surface area contributed by atoms with Crippen molar-refractivity contribution >= 4 is 50.7 Å². The Hall–Kier alpha value is -3.73. The number of anilines is 2. The van der Waals surface area contributed by atoms with Crippen molar-refractivity contribution in [1.29, 1.82) is 0 Å². The molecule has 0 heterocycles. The Morgan fingerprint density at radius 1 is 0.978 bits per heavy atom. The van der Waals surface area contributed by atoms with Crippen molar-refractivity contribution in [3.05, 3.63) is 80.5 Å². The average molecular weight is 740 g/mol. The molecule has 244 valence electrons. The van der Waals surface area contributed by atoms with Crippen molar-refractivity contribution in [3.8, 4) is 11.5 Å². The predicted molar refractivity (Wildman–Crippen MR) is 145 cm³/mol. The summed E-state index contributed by atoms with van der Waals surface area (Å²) in [6.45, 7) is -2.37. The van der Waals surface area contributed by atoms with Gasteiger partial charge in [0.05, 0.1) is 34.6 Å². The Kier molecular flexibility index (Phi) is 10.6. The lowest BCUT2D eigenvalue weighted by Crippen LogP contribution is -2.50. The number of methoxy groups -OCH3 is 1. The molecular formula is C27H18BrClF10N2O4. The number of para-hydroxylation sites is 1. The van der Waals surface area contributed by atoms with Crippen molar-refractivity contribution in [3.63, 3.8) is 0 Å². The topological polar surface area (TPSA) is 67.9 Å². The summed E-state index contributed by atoms with van der Waals surface area (Å²) in [6.07, 6.45) is -13.2. The van der Waals surface area contributed by atoms with Crippen LogP contribution in [-0.2, 0) is 5.67 Å². The maximum atomic E-state index is 14.7. The number of ether oxygens (including phenoxy) is 2. The van der Waals surface area contributed by atoms with Gasteiger partial charge in [0.2, 0.25) is 0 Å². The largest absolute Gasteiger partial charge is 0.494 e. The van der Waals surface area contributed by atoms with Gasteiger partial charge in [-0.25, -0.2) is 8.78 Å². The molecule has 0 saturated carbocycles. The summed E-state index contributed by atoms with van der Waals surface area (Å²) in [5.41, 5.74) is -9.66. The maximum absolute atomic E-state index is 14.7. The molecule has 0 bridgehead atoms. The zero-order chi connectivity index (χ0) is 34.1. The maximum Gasteiger partial charge on any atom is 0.435 e. The van der Waals surface area contributed by atoms with Crippen molar-refractivity contribution in [2.24, 2.45) is 0 Å². The van der Waals surface area contributed by atoms with Crippen LogP contribution in [0.2, 0.25) is 5.02 Å². The van der Waals surface area contributed by atoms with Gasteiger partial charge in [-0.05, 0) is 65.3 Å². The van der Waals surface area contributed by atoms with Crippen LogP contribution in [0.4, 0.5) is 55.3 Å². The van der Waals surface area contributed by atoms with Crippen molar-refractivity contribution in [2.75, 3.05) is 23.9 Å². The molecule has 1 N–H and O–H groups in total. The van der Waals surface area contributed by atoms with Crippen LogP contribution in [-0.4, -0.2) is 44.4 Å². The number of halogens is 12. The second kappa shape index (κ2) is 13.3. The molecule has 0 aromatic heterocycles. The molecule has 0 radical (unpaired) electrons. The van der Waals surface area contributed by atoms with Crippen LogP contribution in [0, 0.1) is 5.82 Å². The van der Waals surface area contributed by atoms with Crippen LogP contribution in [0.3, 0.4) is 0 Å². The zero-order valence-corrected chi connectivity index (χ0v) is 24.9. The van der Waals surface area contributed by atoms with Gasteiger partial charge < -0.3 is 19.7 Å². The monoisotopic (exact) mass is 738 g/mol. The van der Waals surface area contributed by atoms with Gasteiger partial charge in [-0.2, -0.15) is 35.1 Å². The van der Waals surface area contributed by atoms with Crippen LogP contribution in [0.15, 0.2) is 53.0 Å². The van der Waals surface area contributed by atoms with E-state index in [0.29, 0.717) is 0 Å². The Balaban J connectivity index is 2.12. The summed E-state index contributed by atoms with van der Waals surface area (Å²) in [5, 5.41) is 1.78. The quantitative estimate of drug-likeness (QED) is 0.223. The van der Waals surface area contributed by atoms with Crippen LogP contribution >= 0.6 is 27.5 Å². The van der Waals surface area contributed by atoms with Crippen LogP contribution < -0.4 is 19.7 Å². The average Bonchev–Trinajstić information content (AvgIpc) is 2.92. The minimum Gasteiger partial charge on any atom is -0.494 e. The lowest BCUT2D eigenvalue weighted by Gasteiger charge is -2.31. The molecule has 0 atom stereocenters. The molecule has 0 aliphatic carbocycles. The minimum absolute atomic E-state index is 0.00744. The molecule has 0 aliphatic heterocycles. The fourth-order valence-corrected chi connectivity index (χ4v) is 4.91. The van der Waals surface area contributed by atoms with E-state index in [-0.39, 0.29) is 40.7 Å². The van der Waals surface area contributed by atoms with Crippen LogP contribution in [0.1, 0.15) is 33.2 Å². The molecule has 3 aromatic rings. The highest BCUT2D eigenvalue weighted by Crippen LogP contribution is 2.55. The highest BCUT2D eigenvalue weighted by Gasteiger charge is 2.73. The van der Waals surface area contributed by atoms with Crippen molar-refractivity contribution in [1.82, 2.24) is 0 Å². The third-order valence-electron chi connectivity index (χ3n) is 6.14. The molecule has 0 fully saturated rings. The Morgan fingerprint density at radius 2 is 1.60 bits per heavy atom. The molecule has 2 amide bonds. The summed E-state index contributed by atoms with van der Waals surface area (Å²) >= 11 is 8.60. The number of hydrogen-bond donors (Lipinski definition) is 1. The first-order chi connectivity index (χ1) is 20.8. The fourth-order valence-electron chi connectivity index (χ4n) is 4.12. The summed E-state index contributed by atoms with van der Waals surface area (Å²) in [5.74, 6) is -4.47. The molecule has 6 nitrogen and oxygen atoms in total. The number of alkyl halides is 9. The van der Waals surface area contributed by atoms with Gasteiger partial charge >= 0.3 is 24.6 Å². The number of nitrogens with one attached hydrogen (secondary N) is 1. The normalized spacial score (nSPS) is 12.2. The van der Waals surface area contributed by atoms with E-state index in [1.807, 2.05) is 5.32 Å². The molecule has 3 aromatic carbocycles. The number of amides is 2. The Morgan fingerprint density at radius 3 is 2.11 bits per heavy atom. The van der Waals surface area contributed by atoms with Gasteiger partial charge in [-0.15, -0.1) is 0 Å². The van der Waals surface area contributed by atoms with Gasteiger partial charge in [0.15, 0.2) is 11.5 Å². The molecule has 3 rings (SSSR count). The van der Waals surface area contributed by atoms with Gasteiger partial charge in [0, 0.05) is 16.6 Å². The second-order valence-corrected chi connectivity index (χ2v) is 10.1.